The summed E-state index contributed by atoms with van der Waals surface area (Å²) in [6, 6.07) is -1.01. The first-order valence-corrected chi connectivity index (χ1v) is 5.32. The maximum atomic E-state index is 11.7. The van der Waals surface area contributed by atoms with Gasteiger partial charge in [0.25, 0.3) is 0 Å². The molecule has 0 saturated carbocycles. The molecule has 1 aliphatic rings. The average Bonchev–Trinajstić information content (AvgIpc) is 2.60. The third-order valence-electron chi connectivity index (χ3n) is 2.84. The van der Waals surface area contributed by atoms with Crippen molar-refractivity contribution in [1.29, 1.82) is 0 Å². The smallest absolute Gasteiger partial charge is 0.326 e. The molecule has 0 spiro atoms. The zero-order valence-corrected chi connectivity index (χ0v) is 9.12. The van der Waals surface area contributed by atoms with Crippen LogP contribution >= 0.6 is 0 Å². The van der Waals surface area contributed by atoms with Crippen LogP contribution in [-0.4, -0.2) is 35.6 Å². The Hall–Kier alpha value is -1.10. The Balaban J connectivity index is 2.50. The van der Waals surface area contributed by atoms with Gasteiger partial charge in [-0.15, -0.1) is 0 Å². The van der Waals surface area contributed by atoms with Gasteiger partial charge in [-0.2, -0.15) is 0 Å². The summed E-state index contributed by atoms with van der Waals surface area (Å²) in [5, 5.41) is 14.4. The Bertz CT molecular complexity index is 255. The van der Waals surface area contributed by atoms with Gasteiger partial charge in [0, 0.05) is 0 Å². The Morgan fingerprint density at radius 1 is 1.60 bits per heavy atom. The van der Waals surface area contributed by atoms with Gasteiger partial charge in [-0.25, -0.2) is 4.79 Å². The van der Waals surface area contributed by atoms with Crippen molar-refractivity contribution in [1.82, 2.24) is 10.6 Å². The lowest BCUT2D eigenvalue weighted by Gasteiger charge is -2.18. The number of carbonyl (C=O) groups excluding carboxylic acids is 1. The molecule has 0 aromatic carbocycles. The van der Waals surface area contributed by atoms with Gasteiger partial charge in [-0.3, -0.25) is 4.79 Å². The summed E-state index contributed by atoms with van der Waals surface area (Å²) in [5.74, 6) is -0.901. The Morgan fingerprint density at radius 2 is 2.27 bits per heavy atom. The van der Waals surface area contributed by atoms with Crippen molar-refractivity contribution in [3.63, 3.8) is 0 Å². The molecule has 5 heteroatoms. The molecule has 86 valence electrons. The standard InChI is InChI=1S/C10H18N2O3/c1-3-7(10(14)15)12-9(13)8-6(2)4-5-11-8/h6-8,11H,3-5H2,1-2H3,(H,12,13)(H,14,15)/t6?,7-,8?/m0/s1. The molecule has 1 amide bonds. The highest BCUT2D eigenvalue weighted by atomic mass is 16.4. The number of hydrogen-bond donors (Lipinski definition) is 3. The predicted molar refractivity (Wildman–Crippen MR) is 55.4 cm³/mol. The summed E-state index contributed by atoms with van der Waals surface area (Å²) in [6.45, 7) is 4.56. The van der Waals surface area contributed by atoms with E-state index in [-0.39, 0.29) is 17.9 Å². The molecular formula is C10H18N2O3. The molecule has 0 radical (unpaired) electrons. The van der Waals surface area contributed by atoms with Crippen LogP contribution in [0.2, 0.25) is 0 Å². The van der Waals surface area contributed by atoms with Gasteiger partial charge in [0.2, 0.25) is 5.91 Å². The maximum Gasteiger partial charge on any atom is 0.326 e. The third-order valence-corrected chi connectivity index (χ3v) is 2.84. The third kappa shape index (κ3) is 2.92. The van der Waals surface area contributed by atoms with E-state index in [1.165, 1.54) is 0 Å². The van der Waals surface area contributed by atoms with Crippen molar-refractivity contribution in [3.05, 3.63) is 0 Å². The number of rotatable bonds is 4. The summed E-state index contributed by atoms with van der Waals surface area (Å²) < 4.78 is 0. The van der Waals surface area contributed by atoms with Crippen molar-refractivity contribution >= 4 is 11.9 Å². The van der Waals surface area contributed by atoms with Crippen molar-refractivity contribution < 1.29 is 14.7 Å². The zero-order chi connectivity index (χ0) is 11.4. The second-order valence-corrected chi connectivity index (χ2v) is 4.01. The molecule has 3 N–H and O–H groups in total. The van der Waals surface area contributed by atoms with Gasteiger partial charge in [0.15, 0.2) is 0 Å². The average molecular weight is 214 g/mol. The molecule has 1 saturated heterocycles. The van der Waals surface area contributed by atoms with Crippen LogP contribution in [0.15, 0.2) is 0 Å². The Labute approximate surface area is 89.2 Å². The molecule has 1 rings (SSSR count). The van der Waals surface area contributed by atoms with Gasteiger partial charge in [0.1, 0.15) is 6.04 Å². The first kappa shape index (κ1) is 12.0. The van der Waals surface area contributed by atoms with E-state index < -0.39 is 12.0 Å². The highest BCUT2D eigenvalue weighted by molar-refractivity contribution is 5.87. The monoisotopic (exact) mass is 214 g/mol. The lowest BCUT2D eigenvalue weighted by Crippen LogP contribution is -2.49. The number of hydrogen-bond acceptors (Lipinski definition) is 3. The summed E-state index contributed by atoms with van der Waals surface area (Å²) in [6.07, 6.45) is 1.37. The highest BCUT2D eigenvalue weighted by Crippen LogP contribution is 2.14. The van der Waals surface area contributed by atoms with E-state index in [2.05, 4.69) is 10.6 Å². The van der Waals surface area contributed by atoms with Gasteiger partial charge in [0.05, 0.1) is 6.04 Å². The fourth-order valence-corrected chi connectivity index (χ4v) is 1.79. The van der Waals surface area contributed by atoms with Crippen LogP contribution in [0.25, 0.3) is 0 Å². The molecule has 0 aliphatic carbocycles. The molecule has 15 heavy (non-hydrogen) atoms. The second kappa shape index (κ2) is 5.11. The fraction of sp³-hybridized carbons (Fsp3) is 0.800. The number of amides is 1. The lowest BCUT2D eigenvalue weighted by atomic mass is 10.0. The van der Waals surface area contributed by atoms with Gasteiger partial charge < -0.3 is 15.7 Å². The van der Waals surface area contributed by atoms with E-state index in [9.17, 15) is 9.59 Å². The van der Waals surface area contributed by atoms with E-state index in [0.29, 0.717) is 6.42 Å². The second-order valence-electron chi connectivity index (χ2n) is 4.01. The van der Waals surface area contributed by atoms with Crippen molar-refractivity contribution in [2.24, 2.45) is 5.92 Å². The van der Waals surface area contributed by atoms with E-state index >= 15 is 0 Å². The Kier molecular flexibility index (Phi) is 4.08. The fourth-order valence-electron chi connectivity index (χ4n) is 1.79. The Morgan fingerprint density at radius 3 is 2.67 bits per heavy atom. The van der Waals surface area contributed by atoms with E-state index in [0.717, 1.165) is 13.0 Å². The van der Waals surface area contributed by atoms with Crippen molar-refractivity contribution in [3.8, 4) is 0 Å². The van der Waals surface area contributed by atoms with Gasteiger partial charge in [-0.05, 0) is 25.3 Å². The largest absolute Gasteiger partial charge is 0.480 e. The van der Waals surface area contributed by atoms with Gasteiger partial charge in [-0.1, -0.05) is 13.8 Å². The molecule has 0 aromatic heterocycles. The quantitative estimate of drug-likeness (QED) is 0.614. The topological polar surface area (TPSA) is 78.4 Å². The van der Waals surface area contributed by atoms with Gasteiger partial charge >= 0.3 is 5.97 Å². The molecule has 1 aliphatic heterocycles. The molecule has 3 atom stereocenters. The normalized spacial score (nSPS) is 27.3. The summed E-state index contributed by atoms with van der Waals surface area (Å²) in [5.41, 5.74) is 0. The SMILES string of the molecule is CC[C@H](NC(=O)C1NCCC1C)C(=O)O. The van der Waals surface area contributed by atoms with Crippen LogP contribution < -0.4 is 10.6 Å². The molecule has 1 fully saturated rings. The summed E-state index contributed by atoms with van der Waals surface area (Å²) in [4.78, 5) is 22.4. The first-order chi connectivity index (χ1) is 7.06. The minimum Gasteiger partial charge on any atom is -0.480 e. The predicted octanol–water partition coefficient (Wildman–Crippen LogP) is -0.0362. The molecule has 0 bridgehead atoms. The maximum absolute atomic E-state index is 11.7. The molecule has 2 unspecified atom stereocenters. The number of carboxylic acid groups (broad SMARTS) is 1. The lowest BCUT2D eigenvalue weighted by molar-refractivity contribution is -0.142. The number of aliphatic carboxylic acids is 1. The number of carbonyl (C=O) groups is 2. The number of nitrogens with one attached hydrogen (secondary N) is 2. The van der Waals surface area contributed by atoms with Crippen LogP contribution in [0.4, 0.5) is 0 Å². The van der Waals surface area contributed by atoms with Crippen molar-refractivity contribution in [2.45, 2.75) is 38.8 Å². The minimum atomic E-state index is -0.975. The van der Waals surface area contributed by atoms with Crippen LogP contribution in [0.1, 0.15) is 26.7 Å². The zero-order valence-electron chi connectivity index (χ0n) is 9.12. The van der Waals surface area contributed by atoms with E-state index in [1.807, 2.05) is 6.92 Å². The van der Waals surface area contributed by atoms with Crippen LogP contribution in [0.5, 0.6) is 0 Å². The van der Waals surface area contributed by atoms with Crippen molar-refractivity contribution in [2.75, 3.05) is 6.54 Å². The van der Waals surface area contributed by atoms with Crippen LogP contribution in [-0.2, 0) is 9.59 Å². The highest BCUT2D eigenvalue weighted by Gasteiger charge is 2.31. The van der Waals surface area contributed by atoms with E-state index in [4.69, 9.17) is 5.11 Å². The van der Waals surface area contributed by atoms with Crippen LogP contribution in [0.3, 0.4) is 0 Å². The first-order valence-electron chi connectivity index (χ1n) is 5.32. The van der Waals surface area contributed by atoms with E-state index in [1.54, 1.807) is 6.92 Å². The molecule has 0 aromatic rings. The number of carboxylic acids is 1. The minimum absolute atomic E-state index is 0.200. The van der Waals surface area contributed by atoms with Crippen LogP contribution in [0, 0.1) is 5.92 Å². The molecular weight excluding hydrogens is 196 g/mol. The molecule has 1 heterocycles. The summed E-state index contributed by atoms with van der Waals surface area (Å²) in [7, 11) is 0. The summed E-state index contributed by atoms with van der Waals surface area (Å²) >= 11 is 0. The molecule has 5 nitrogen and oxygen atoms in total.